The van der Waals surface area contributed by atoms with E-state index in [2.05, 4.69) is 21.7 Å². The summed E-state index contributed by atoms with van der Waals surface area (Å²) in [6.07, 6.45) is 4.37. The Bertz CT molecular complexity index is 635. The van der Waals surface area contributed by atoms with Crippen molar-refractivity contribution in [2.24, 2.45) is 0 Å². The van der Waals surface area contributed by atoms with Gasteiger partial charge in [0.1, 0.15) is 11.9 Å². The molecule has 1 amide bonds. The van der Waals surface area contributed by atoms with Crippen LogP contribution in [0.25, 0.3) is 0 Å². The van der Waals surface area contributed by atoms with Gasteiger partial charge in [0.05, 0.1) is 13.1 Å². The highest BCUT2D eigenvalue weighted by atomic mass is 16.5. The van der Waals surface area contributed by atoms with E-state index in [1.54, 1.807) is 12.4 Å². The van der Waals surface area contributed by atoms with E-state index < -0.39 is 0 Å². The molecule has 0 unspecified atom stereocenters. The van der Waals surface area contributed by atoms with Gasteiger partial charge in [0.2, 0.25) is 5.91 Å². The monoisotopic (exact) mass is 311 g/mol. The largest absolute Gasteiger partial charge is 0.488 e. The summed E-state index contributed by atoms with van der Waals surface area (Å²) in [7, 11) is 0. The van der Waals surface area contributed by atoms with Crippen LogP contribution in [0.15, 0.2) is 48.8 Å². The molecule has 0 fully saturated rings. The van der Waals surface area contributed by atoms with Gasteiger partial charge in [-0.05, 0) is 36.2 Å². The molecule has 0 aliphatic carbocycles. The normalized spacial score (nSPS) is 17.2. The molecule has 1 aromatic carbocycles. The van der Waals surface area contributed by atoms with Crippen LogP contribution in [0.2, 0.25) is 0 Å². The number of nitrogens with one attached hydrogen (secondary N) is 2. The third kappa shape index (κ3) is 4.07. The third-order valence-electron chi connectivity index (χ3n) is 4.02. The van der Waals surface area contributed by atoms with E-state index in [1.165, 1.54) is 5.56 Å². The third-order valence-corrected chi connectivity index (χ3v) is 4.02. The number of carbonyl (C=O) groups excluding carboxylic acids is 1. The first-order chi connectivity index (χ1) is 11.2. The summed E-state index contributed by atoms with van der Waals surface area (Å²) in [5.41, 5.74) is 2.32. The predicted molar refractivity (Wildman–Crippen MR) is 88.2 cm³/mol. The second-order valence-electron chi connectivity index (χ2n) is 5.74. The first kappa shape index (κ1) is 15.5. The Balaban J connectivity index is 1.39. The van der Waals surface area contributed by atoms with Crippen LogP contribution in [-0.4, -0.2) is 30.1 Å². The summed E-state index contributed by atoms with van der Waals surface area (Å²) in [4.78, 5) is 16.0. The maximum absolute atomic E-state index is 12.0. The molecule has 120 valence electrons. The number of carbonyl (C=O) groups is 1. The minimum absolute atomic E-state index is 0.0222. The second kappa shape index (κ2) is 7.24. The van der Waals surface area contributed by atoms with E-state index in [4.69, 9.17) is 4.74 Å². The fourth-order valence-electron chi connectivity index (χ4n) is 2.67. The quantitative estimate of drug-likeness (QED) is 0.854. The summed E-state index contributed by atoms with van der Waals surface area (Å²) in [6, 6.07) is 12.0. The van der Waals surface area contributed by atoms with Crippen molar-refractivity contribution in [2.45, 2.75) is 25.5 Å². The fraction of sp³-hybridized carbons (Fsp3) is 0.333. The van der Waals surface area contributed by atoms with Crippen molar-refractivity contribution in [2.75, 3.05) is 13.1 Å². The lowest BCUT2D eigenvalue weighted by atomic mass is 10.1. The Morgan fingerprint density at radius 1 is 1.30 bits per heavy atom. The Hall–Kier alpha value is -2.40. The van der Waals surface area contributed by atoms with Crippen molar-refractivity contribution >= 4 is 5.91 Å². The van der Waals surface area contributed by atoms with Gasteiger partial charge in [0.15, 0.2) is 0 Å². The van der Waals surface area contributed by atoms with Crippen LogP contribution in [0.3, 0.4) is 0 Å². The molecule has 2 atom stereocenters. The van der Waals surface area contributed by atoms with E-state index in [1.807, 2.05) is 37.3 Å². The molecule has 23 heavy (non-hydrogen) atoms. The highest BCUT2D eigenvalue weighted by molar-refractivity contribution is 5.78. The van der Waals surface area contributed by atoms with Gasteiger partial charge in [-0.2, -0.15) is 0 Å². The van der Waals surface area contributed by atoms with Gasteiger partial charge in [-0.15, -0.1) is 0 Å². The molecule has 5 heteroatoms. The zero-order chi connectivity index (χ0) is 16.1. The molecular formula is C18H21N3O2. The Kier molecular flexibility index (Phi) is 4.88. The number of amides is 1. The summed E-state index contributed by atoms with van der Waals surface area (Å²) in [6.45, 7) is 2.83. The van der Waals surface area contributed by atoms with Crippen molar-refractivity contribution in [3.63, 3.8) is 0 Å². The van der Waals surface area contributed by atoms with Crippen molar-refractivity contribution in [1.29, 1.82) is 0 Å². The molecule has 3 rings (SSSR count). The number of fused-ring (bicyclic) bond motifs is 1. The summed E-state index contributed by atoms with van der Waals surface area (Å²) >= 11 is 0. The number of nitrogens with zero attached hydrogens (tertiary/aromatic N) is 1. The summed E-state index contributed by atoms with van der Waals surface area (Å²) < 4.78 is 5.81. The molecule has 0 spiro atoms. The highest BCUT2D eigenvalue weighted by Crippen LogP contribution is 2.27. The van der Waals surface area contributed by atoms with Crippen LogP contribution in [0.5, 0.6) is 5.75 Å². The smallest absolute Gasteiger partial charge is 0.234 e. The highest BCUT2D eigenvalue weighted by Gasteiger charge is 2.22. The van der Waals surface area contributed by atoms with Gasteiger partial charge >= 0.3 is 0 Å². The maximum atomic E-state index is 12.0. The van der Waals surface area contributed by atoms with E-state index in [9.17, 15) is 4.79 Å². The number of para-hydroxylation sites is 1. The number of ether oxygens (including phenoxy) is 1. The van der Waals surface area contributed by atoms with Crippen LogP contribution in [0.1, 0.15) is 24.1 Å². The van der Waals surface area contributed by atoms with Gasteiger partial charge in [-0.3, -0.25) is 9.78 Å². The molecule has 2 aromatic rings. The SMILES string of the molecule is C[C@H](NCC(=O)NC[C@@H]1Cc2ccccc2O1)c1ccncc1. The Labute approximate surface area is 136 Å². The molecule has 2 N–H and O–H groups in total. The number of hydrogen-bond acceptors (Lipinski definition) is 4. The molecule has 5 nitrogen and oxygen atoms in total. The van der Waals surface area contributed by atoms with Crippen molar-refractivity contribution in [3.8, 4) is 5.75 Å². The molecule has 1 aliphatic rings. The standard InChI is InChI=1S/C18H21N3O2/c1-13(14-6-8-19-9-7-14)20-12-18(22)21-11-16-10-15-4-2-3-5-17(15)23-16/h2-9,13,16,20H,10-12H2,1H3,(H,21,22)/t13-,16-/m0/s1. The zero-order valence-electron chi connectivity index (χ0n) is 13.2. The topological polar surface area (TPSA) is 63.2 Å². The summed E-state index contributed by atoms with van der Waals surface area (Å²) in [5.74, 6) is 0.904. The van der Waals surface area contributed by atoms with Crippen LogP contribution in [0.4, 0.5) is 0 Å². The zero-order valence-corrected chi connectivity index (χ0v) is 13.2. The minimum atomic E-state index is -0.0227. The van der Waals surface area contributed by atoms with E-state index in [0.717, 1.165) is 17.7 Å². The number of rotatable bonds is 6. The van der Waals surface area contributed by atoms with Gasteiger partial charge in [0, 0.05) is 24.9 Å². The van der Waals surface area contributed by atoms with Crippen LogP contribution < -0.4 is 15.4 Å². The molecule has 1 aliphatic heterocycles. The second-order valence-corrected chi connectivity index (χ2v) is 5.74. The van der Waals surface area contributed by atoms with E-state index in [0.29, 0.717) is 6.54 Å². The number of aromatic nitrogens is 1. The van der Waals surface area contributed by atoms with Crippen molar-refractivity contribution in [1.82, 2.24) is 15.6 Å². The molecular weight excluding hydrogens is 290 g/mol. The number of benzene rings is 1. The molecule has 0 saturated carbocycles. The molecule has 0 bridgehead atoms. The fourth-order valence-corrected chi connectivity index (χ4v) is 2.67. The molecule has 0 radical (unpaired) electrons. The molecule has 0 saturated heterocycles. The average molecular weight is 311 g/mol. The molecule has 1 aromatic heterocycles. The number of pyridine rings is 1. The van der Waals surface area contributed by atoms with Gasteiger partial charge < -0.3 is 15.4 Å². The maximum Gasteiger partial charge on any atom is 0.234 e. The lowest BCUT2D eigenvalue weighted by Gasteiger charge is -2.15. The first-order valence-corrected chi connectivity index (χ1v) is 7.87. The summed E-state index contributed by atoms with van der Waals surface area (Å²) in [5, 5.41) is 6.14. The predicted octanol–water partition coefficient (Wildman–Crippen LogP) is 1.85. The van der Waals surface area contributed by atoms with Crippen LogP contribution in [0, 0.1) is 0 Å². The minimum Gasteiger partial charge on any atom is -0.488 e. The lowest BCUT2D eigenvalue weighted by molar-refractivity contribution is -0.120. The van der Waals surface area contributed by atoms with E-state index in [-0.39, 0.29) is 24.6 Å². The van der Waals surface area contributed by atoms with Crippen LogP contribution in [-0.2, 0) is 11.2 Å². The van der Waals surface area contributed by atoms with Crippen molar-refractivity contribution < 1.29 is 9.53 Å². The Morgan fingerprint density at radius 2 is 2.09 bits per heavy atom. The van der Waals surface area contributed by atoms with Crippen molar-refractivity contribution in [3.05, 3.63) is 59.9 Å². The lowest BCUT2D eigenvalue weighted by Crippen LogP contribution is -2.40. The van der Waals surface area contributed by atoms with E-state index >= 15 is 0 Å². The number of hydrogen-bond donors (Lipinski definition) is 2. The average Bonchev–Trinajstić information content (AvgIpc) is 3.01. The van der Waals surface area contributed by atoms with Gasteiger partial charge in [-0.25, -0.2) is 0 Å². The van der Waals surface area contributed by atoms with Gasteiger partial charge in [0.25, 0.3) is 0 Å². The van der Waals surface area contributed by atoms with Crippen LogP contribution >= 0.6 is 0 Å². The van der Waals surface area contributed by atoms with Gasteiger partial charge in [-0.1, -0.05) is 18.2 Å². The molecule has 2 heterocycles. The first-order valence-electron chi connectivity index (χ1n) is 7.87. The Morgan fingerprint density at radius 3 is 2.87 bits per heavy atom.